The fourth-order valence-corrected chi connectivity index (χ4v) is 21.2. The zero-order chi connectivity index (χ0) is 102. The molecule has 3 fully saturated rings. The Kier molecular flexibility index (Phi) is 45.9. The van der Waals surface area contributed by atoms with Gasteiger partial charge in [0.25, 0.3) is 0 Å². The van der Waals surface area contributed by atoms with Crippen molar-refractivity contribution < 1.29 is 121 Å². The third-order valence-electron chi connectivity index (χ3n) is 25.0. The first-order valence-corrected chi connectivity index (χ1v) is 52.3. The number of nitrogens with two attached hydrogens (primary N) is 2. The standard InChI is InChI=1S/C98H135ClN12O25S4/c1-57-19-18-25-79(130-10)98(128)53-78(134-84(119)54-98)58(2)88-97(6,136-88)80(52-83(118)111(8)75-48-64(45-57)49-77(129-9)85(75)99)135-96(127)59(3)110(7)82(117)33-44-138-137-43-32-81(116)102-35-37-131-39-41-133-42-40-132-38-36-103-94(125)86(60(4)112)108-93(124)74-56-140-139-55-73(106-90(121)70(101)47-62-20-12-11-13-21-62)76(115)51-67(46-63-26-30-68(114)31-27-63)89(120)105-72(50-66-29-28-65-22-14-15-23-69(65)66)92(123)104-71(24-16-17-34-100)91(122)109-87(61(5)113)95(126)107-74/h11-15,18-23,25-27,29-31,48-49,58-61,67,70-74,78-80,86-88,112-114,128H,16-17,24,28,32-47,50-56,100-101H2,1-10H3,(H,102,116)(H,103,125)(H,104,123)(H,105,120)(H,106,121)(H,107,126)(H,108,124)(H,109,122)/b25-18+,57-19+/t58-,59+,60-,61-,67-,70-,71+,72-,73+,74+,78+,79-,80+,86+,87+,88+,97+,98-/m1/s1. The lowest BCUT2D eigenvalue weighted by atomic mass is 9.78. The second-order valence-electron chi connectivity index (χ2n) is 35.7. The molecule has 10 amide bonds. The van der Waals surface area contributed by atoms with Crippen molar-refractivity contribution in [2.24, 2.45) is 23.3 Å². The topological polar surface area (TPSA) is 535 Å². The second-order valence-corrected chi connectivity index (χ2v) is 41.4. The normalized spacial score (nSPS) is 25.2. The quantitative estimate of drug-likeness (QED) is 0.0126. The number of hydrogen-bond donors (Lipinski definition) is 14. The fraction of sp³-hybridized carbons (Fsp3) is 0.561. The van der Waals surface area contributed by atoms with Crippen molar-refractivity contribution in [2.45, 2.75) is 228 Å². The summed E-state index contributed by atoms with van der Waals surface area (Å²) in [6, 6.07) is 14.5. The Morgan fingerprint density at radius 2 is 1.43 bits per heavy atom. The number of allylic oxidation sites excluding steroid dienone is 4. The van der Waals surface area contributed by atoms with Gasteiger partial charge in [0.1, 0.15) is 82.3 Å². The van der Waals surface area contributed by atoms with E-state index in [9.17, 15) is 73.2 Å². The molecule has 42 heteroatoms. The summed E-state index contributed by atoms with van der Waals surface area (Å²) in [5.74, 6) is -10.6. The average molecular weight is 2040 g/mol. The largest absolute Gasteiger partial charge is 0.508 e. The predicted octanol–water partition coefficient (Wildman–Crippen LogP) is 4.53. The van der Waals surface area contributed by atoms with Crippen molar-refractivity contribution in [1.29, 1.82) is 0 Å². The van der Waals surface area contributed by atoms with Gasteiger partial charge in [-0.25, -0.2) is 4.79 Å². The Morgan fingerprint density at radius 3 is 2.11 bits per heavy atom. The number of esters is 2. The van der Waals surface area contributed by atoms with Crippen LogP contribution in [-0.2, 0) is 121 Å². The summed E-state index contributed by atoms with van der Waals surface area (Å²) in [6.07, 6.45) is 0.835. The number of epoxide rings is 1. The Balaban J connectivity index is 0.716. The number of aliphatic hydroxyl groups is 3. The highest BCUT2D eigenvalue weighted by Gasteiger charge is 2.65. The number of carbonyl (C=O) groups excluding carboxylic acids is 13. The molecule has 0 radical (unpaired) electrons. The number of rotatable bonds is 41. The van der Waals surface area contributed by atoms with Crippen LogP contribution in [0.2, 0.25) is 5.02 Å². The van der Waals surface area contributed by atoms with E-state index in [1.807, 2.05) is 43.3 Å². The van der Waals surface area contributed by atoms with Crippen molar-refractivity contribution in [3.05, 3.63) is 154 Å². The number of anilines is 1. The van der Waals surface area contributed by atoms with Gasteiger partial charge in [-0.1, -0.05) is 158 Å². The molecule has 4 bridgehead atoms. The lowest BCUT2D eigenvalue weighted by molar-refractivity contribution is -0.187. The van der Waals surface area contributed by atoms with E-state index in [2.05, 4.69) is 42.5 Å². The van der Waals surface area contributed by atoms with Crippen LogP contribution in [0.1, 0.15) is 134 Å². The summed E-state index contributed by atoms with van der Waals surface area (Å²) in [4.78, 5) is 188. The van der Waals surface area contributed by atoms with Gasteiger partial charge in [0.15, 0.2) is 5.78 Å². The monoisotopic (exact) mass is 2040 g/mol. The van der Waals surface area contributed by atoms with E-state index < -0.39 is 179 Å². The zero-order valence-electron chi connectivity index (χ0n) is 80.7. The number of fused-ring (bicyclic) bond motifs is 6. The number of likely N-dealkylation sites (N-methyl/N-ethyl adjacent to an activating group) is 1. The van der Waals surface area contributed by atoms with Gasteiger partial charge in [-0.05, 0) is 144 Å². The van der Waals surface area contributed by atoms with Crippen molar-refractivity contribution in [3.63, 3.8) is 0 Å². The highest BCUT2D eigenvalue weighted by atomic mass is 35.5. The molecule has 9 rings (SSSR count). The molecule has 18 atom stereocenters. The number of amides is 10. The Morgan fingerprint density at radius 1 is 0.771 bits per heavy atom. The molecule has 4 aromatic carbocycles. The van der Waals surface area contributed by atoms with Gasteiger partial charge < -0.3 is 122 Å². The summed E-state index contributed by atoms with van der Waals surface area (Å²) in [5.41, 5.74) is 15.2. The molecule has 4 aromatic rings. The number of nitrogens with zero attached hydrogens (tertiary/aromatic N) is 2. The van der Waals surface area contributed by atoms with Gasteiger partial charge in [0.2, 0.25) is 59.1 Å². The van der Waals surface area contributed by atoms with Gasteiger partial charge in [-0.2, -0.15) is 0 Å². The van der Waals surface area contributed by atoms with Gasteiger partial charge in [-0.15, -0.1) is 0 Å². The average Bonchev–Trinajstić information content (AvgIpc) is 1.57. The number of ketones is 1. The molecule has 4 heterocycles. The van der Waals surface area contributed by atoms with Gasteiger partial charge in [0.05, 0.1) is 95.7 Å². The van der Waals surface area contributed by atoms with Crippen molar-refractivity contribution in [2.75, 3.05) is 116 Å². The molecule has 16 N–H and O–H groups in total. The summed E-state index contributed by atoms with van der Waals surface area (Å²) in [5, 5.41) is 66.3. The number of aliphatic hydroxyl groups excluding tert-OH is 2. The minimum atomic E-state index is -1.79. The van der Waals surface area contributed by atoms with Crippen LogP contribution in [0, 0.1) is 11.8 Å². The summed E-state index contributed by atoms with van der Waals surface area (Å²) in [6.45, 7) is 10.4. The number of phenols is 1. The maximum Gasteiger partial charge on any atom is 0.328 e. The molecule has 0 unspecified atom stereocenters. The number of carbonyl (C=O) groups is 13. The number of hydrogen-bond acceptors (Lipinski definition) is 31. The summed E-state index contributed by atoms with van der Waals surface area (Å²) >= 11 is 6.87. The molecule has 0 spiro atoms. The smallest absolute Gasteiger partial charge is 0.328 e. The second kappa shape index (κ2) is 56.4. The van der Waals surface area contributed by atoms with Gasteiger partial charge >= 0.3 is 11.9 Å². The van der Waals surface area contributed by atoms with E-state index in [-0.39, 0.29) is 151 Å². The summed E-state index contributed by atoms with van der Waals surface area (Å²) in [7, 11) is 10.7. The molecule has 0 saturated carbocycles. The van der Waals surface area contributed by atoms with E-state index >= 15 is 9.59 Å². The molecular formula is C98H135ClN12O25S4. The molecule has 3 saturated heterocycles. The van der Waals surface area contributed by atoms with Crippen molar-refractivity contribution >= 4 is 143 Å². The number of halogens is 1. The molecule has 768 valence electrons. The van der Waals surface area contributed by atoms with E-state index in [4.69, 9.17) is 61.0 Å². The van der Waals surface area contributed by atoms with Crippen LogP contribution in [-0.4, -0.2) is 309 Å². The zero-order valence-corrected chi connectivity index (χ0v) is 84.7. The van der Waals surface area contributed by atoms with Crippen LogP contribution < -0.4 is 63.6 Å². The first-order valence-electron chi connectivity index (χ1n) is 46.9. The predicted molar refractivity (Wildman–Crippen MR) is 533 cm³/mol. The van der Waals surface area contributed by atoms with E-state index in [1.54, 1.807) is 87.6 Å². The van der Waals surface area contributed by atoms with E-state index in [0.29, 0.717) is 59.8 Å². The maximum atomic E-state index is 15.1. The number of methoxy groups -OCH3 is 2. The first kappa shape index (κ1) is 114. The minimum absolute atomic E-state index is 0.00747. The number of phenolic OH excluding ortho intramolecular Hbond substituents is 1. The Labute approximate surface area is 837 Å². The van der Waals surface area contributed by atoms with Crippen LogP contribution in [0.25, 0.3) is 5.57 Å². The fourth-order valence-electron chi connectivity index (χ4n) is 16.6. The molecule has 4 aliphatic heterocycles. The van der Waals surface area contributed by atoms with Gasteiger partial charge in [0, 0.05) is 101 Å². The van der Waals surface area contributed by atoms with Crippen molar-refractivity contribution in [1.82, 2.24) is 47.4 Å². The number of ether oxygens (including phenoxy) is 8. The third kappa shape index (κ3) is 34.3. The van der Waals surface area contributed by atoms with Crippen LogP contribution >= 0.6 is 54.8 Å². The number of nitrogens with one attached hydrogen (secondary N) is 8. The molecule has 37 nitrogen and oxygen atoms in total. The summed E-state index contributed by atoms with van der Waals surface area (Å²) < 4.78 is 46.7. The highest BCUT2D eigenvalue weighted by molar-refractivity contribution is 8.77. The molecule has 0 aromatic heterocycles. The molecular weight excluding hydrogens is 1910 g/mol. The van der Waals surface area contributed by atoms with Crippen LogP contribution in [0.15, 0.2) is 121 Å². The van der Waals surface area contributed by atoms with Gasteiger partial charge in [-0.3, -0.25) is 57.5 Å². The minimum Gasteiger partial charge on any atom is -0.508 e. The molecule has 5 aliphatic rings. The van der Waals surface area contributed by atoms with Crippen LogP contribution in [0.3, 0.4) is 0 Å². The Bertz CT molecular complexity index is 4990. The molecule has 1 aliphatic carbocycles. The molecule has 140 heavy (non-hydrogen) atoms. The number of Topliss-reactive ketones (excluding diaryl/α,β-unsaturated/α-hetero) is 1. The van der Waals surface area contributed by atoms with Crippen LogP contribution in [0.5, 0.6) is 11.5 Å². The van der Waals surface area contributed by atoms with Crippen LogP contribution in [0.4, 0.5) is 5.69 Å². The lowest BCUT2D eigenvalue weighted by Gasteiger charge is -2.41. The SMILES string of the molecule is COc1cc2cc(c1Cl)N(C)C(=O)C[C@H](OC(=O)[C@H](C)N(C)C(=O)CCSSCCC(=O)NCCOCCOCCOCCNC(=O)[C@@H](NC(=O)[C@@H]1CSSC[C@H](NC(=O)[C@H](N)Cc3ccccc3)C(=O)C[C@@H](Cc3ccc(O)cc3)C(=O)N[C@H](CC3=CCc4ccccc43)C(=O)N[C@@H](CCCCN)C(=O)N[C@@H]([C@@H](C)O)C(=O)N1)[C@@H](C)O)[C@]1(C)O[C@H]1[C@H](C)[C@@H]1C[C@@](O)(CC(=O)O1)[C@H](OC)/C=C/C=C(\C)C2. The number of benzene rings is 4. The van der Waals surface area contributed by atoms with E-state index in [1.165, 1.54) is 85.6 Å². The number of unbranched alkanes of at least 4 members (excludes halogenated alkanes) is 1. The lowest BCUT2D eigenvalue weighted by Crippen LogP contribution is -2.62. The highest BCUT2D eigenvalue weighted by Crippen LogP contribution is 2.50. The maximum absolute atomic E-state index is 15.1. The third-order valence-corrected chi connectivity index (χ3v) is 30.2. The Hall–Kier alpha value is -9.70. The van der Waals surface area contributed by atoms with E-state index in [0.717, 1.165) is 49.4 Å². The number of aromatic hydroxyl groups is 1. The first-order chi connectivity index (χ1) is 66.8. The van der Waals surface area contributed by atoms with Crippen molar-refractivity contribution in [3.8, 4) is 11.5 Å².